The van der Waals surface area contributed by atoms with Crippen molar-refractivity contribution < 1.29 is 23.0 Å². The van der Waals surface area contributed by atoms with E-state index in [1.165, 1.54) is 13.2 Å². The number of carbonyl (C=O) groups is 1. The molecule has 5 nitrogen and oxygen atoms in total. The van der Waals surface area contributed by atoms with Gasteiger partial charge in [-0.2, -0.15) is 0 Å². The molecule has 0 radical (unpaired) electrons. The molecule has 1 saturated carbocycles. The number of nitrogens with one attached hydrogen (secondary N) is 1. The molecule has 1 heterocycles. The third-order valence-corrected chi connectivity index (χ3v) is 5.56. The van der Waals surface area contributed by atoms with Crippen molar-refractivity contribution in [3.05, 3.63) is 46.7 Å². The molecule has 0 saturated heterocycles. The second kappa shape index (κ2) is 8.96. The standard InChI is InChI=1S/C20H24F2N2O3S/c1-12-16(19(25)27-11-10-26-2)18(17-14(21)8-5-9-15(17)22)23-20(28)24(12)13-6-3-4-7-13/h5,8-9,13,18H,3-4,6-7,10-11H2,1-2H3,(H,23,28)/t18-/m1/s1. The molecule has 0 unspecified atom stereocenters. The first-order valence-electron chi connectivity index (χ1n) is 9.36. The molecule has 2 aliphatic rings. The number of allylic oxidation sites excluding steroid dienone is 1. The van der Waals surface area contributed by atoms with Gasteiger partial charge in [0, 0.05) is 18.8 Å². The fourth-order valence-corrected chi connectivity index (χ4v) is 4.33. The van der Waals surface area contributed by atoms with E-state index in [1.807, 2.05) is 4.90 Å². The lowest BCUT2D eigenvalue weighted by Crippen LogP contribution is -2.51. The maximum absolute atomic E-state index is 14.5. The van der Waals surface area contributed by atoms with Gasteiger partial charge in [-0.3, -0.25) is 0 Å². The summed E-state index contributed by atoms with van der Waals surface area (Å²) in [7, 11) is 1.50. The van der Waals surface area contributed by atoms with Gasteiger partial charge in [-0.1, -0.05) is 18.9 Å². The summed E-state index contributed by atoms with van der Waals surface area (Å²) in [6, 6.07) is 2.72. The number of methoxy groups -OCH3 is 1. The molecule has 0 aromatic heterocycles. The molecule has 152 valence electrons. The van der Waals surface area contributed by atoms with E-state index < -0.39 is 23.6 Å². The average Bonchev–Trinajstić information content (AvgIpc) is 3.15. The van der Waals surface area contributed by atoms with Crippen molar-refractivity contribution in [2.75, 3.05) is 20.3 Å². The lowest BCUT2D eigenvalue weighted by Gasteiger charge is -2.40. The van der Waals surface area contributed by atoms with Gasteiger partial charge in [-0.15, -0.1) is 0 Å². The summed E-state index contributed by atoms with van der Waals surface area (Å²) in [5, 5.41) is 3.35. The van der Waals surface area contributed by atoms with Crippen LogP contribution in [0.3, 0.4) is 0 Å². The number of hydrogen-bond donors (Lipinski definition) is 1. The minimum Gasteiger partial charge on any atom is -0.460 e. The van der Waals surface area contributed by atoms with Gasteiger partial charge in [0.15, 0.2) is 5.11 Å². The van der Waals surface area contributed by atoms with Crippen LogP contribution in [-0.2, 0) is 14.3 Å². The Bertz CT molecular complexity index is 773. The summed E-state index contributed by atoms with van der Waals surface area (Å²) in [6.45, 7) is 2.03. The van der Waals surface area contributed by atoms with Crippen LogP contribution in [0.25, 0.3) is 0 Å². The Morgan fingerprint density at radius 2 is 1.89 bits per heavy atom. The van der Waals surface area contributed by atoms with Crippen LogP contribution in [-0.4, -0.2) is 42.3 Å². The number of hydrogen-bond acceptors (Lipinski definition) is 4. The molecule has 1 aromatic carbocycles. The molecule has 0 bridgehead atoms. The molecule has 28 heavy (non-hydrogen) atoms. The second-order valence-corrected chi connectivity index (χ2v) is 7.34. The fourth-order valence-electron chi connectivity index (χ4n) is 3.92. The van der Waals surface area contributed by atoms with Crippen LogP contribution < -0.4 is 5.32 Å². The van der Waals surface area contributed by atoms with Crippen LogP contribution in [0.1, 0.15) is 44.2 Å². The largest absolute Gasteiger partial charge is 0.460 e. The number of benzene rings is 1. The predicted molar refractivity (Wildman–Crippen MR) is 104 cm³/mol. The molecular weight excluding hydrogens is 386 g/mol. The summed E-state index contributed by atoms with van der Waals surface area (Å²) in [5.74, 6) is -2.13. The number of rotatable bonds is 6. The number of esters is 1. The summed E-state index contributed by atoms with van der Waals surface area (Å²) in [4.78, 5) is 14.8. The molecule has 0 spiro atoms. The van der Waals surface area contributed by atoms with Crippen LogP contribution in [0.15, 0.2) is 29.5 Å². The van der Waals surface area contributed by atoms with Gasteiger partial charge in [-0.05, 0) is 44.1 Å². The molecule has 1 fully saturated rings. The number of carbonyl (C=O) groups excluding carboxylic acids is 1. The van der Waals surface area contributed by atoms with Crippen LogP contribution in [0, 0.1) is 11.6 Å². The average molecular weight is 410 g/mol. The van der Waals surface area contributed by atoms with Gasteiger partial charge in [0.25, 0.3) is 0 Å². The molecule has 8 heteroatoms. The van der Waals surface area contributed by atoms with Crippen molar-refractivity contribution in [1.82, 2.24) is 10.2 Å². The van der Waals surface area contributed by atoms with Crippen molar-refractivity contribution >= 4 is 23.3 Å². The molecule has 1 atom stereocenters. The molecule has 1 N–H and O–H groups in total. The van der Waals surface area contributed by atoms with Gasteiger partial charge < -0.3 is 19.7 Å². The van der Waals surface area contributed by atoms with Crippen LogP contribution in [0.4, 0.5) is 8.78 Å². The molecule has 1 aromatic rings. The fraction of sp³-hybridized carbons (Fsp3) is 0.500. The van der Waals surface area contributed by atoms with E-state index in [2.05, 4.69) is 5.32 Å². The summed E-state index contributed by atoms with van der Waals surface area (Å²) in [5.41, 5.74) is 0.500. The Labute approximate surface area is 168 Å². The Kier molecular flexibility index (Phi) is 6.61. The normalized spacial score (nSPS) is 20.5. The van der Waals surface area contributed by atoms with Gasteiger partial charge in [0.2, 0.25) is 0 Å². The van der Waals surface area contributed by atoms with Crippen LogP contribution in [0.5, 0.6) is 0 Å². The highest BCUT2D eigenvalue weighted by atomic mass is 32.1. The molecule has 0 amide bonds. The van der Waals surface area contributed by atoms with Gasteiger partial charge in [0.05, 0.1) is 23.8 Å². The molecule has 1 aliphatic carbocycles. The van der Waals surface area contributed by atoms with Crippen molar-refractivity contribution in [3.63, 3.8) is 0 Å². The third-order valence-electron chi connectivity index (χ3n) is 5.25. The highest BCUT2D eigenvalue weighted by Crippen LogP contribution is 2.37. The van der Waals surface area contributed by atoms with E-state index in [9.17, 15) is 13.6 Å². The zero-order valence-electron chi connectivity index (χ0n) is 16.0. The number of nitrogens with zero attached hydrogens (tertiary/aromatic N) is 1. The van der Waals surface area contributed by atoms with E-state index >= 15 is 0 Å². The van der Waals surface area contributed by atoms with Crippen LogP contribution in [0.2, 0.25) is 0 Å². The summed E-state index contributed by atoms with van der Waals surface area (Å²) in [6.07, 6.45) is 4.06. The van der Waals surface area contributed by atoms with Gasteiger partial charge in [0.1, 0.15) is 18.2 Å². The topological polar surface area (TPSA) is 50.8 Å². The Balaban J connectivity index is 2.05. The maximum Gasteiger partial charge on any atom is 0.338 e. The Hall–Kier alpha value is -2.06. The highest BCUT2D eigenvalue weighted by molar-refractivity contribution is 7.80. The zero-order valence-corrected chi connectivity index (χ0v) is 16.8. The second-order valence-electron chi connectivity index (χ2n) is 6.95. The highest BCUT2D eigenvalue weighted by Gasteiger charge is 2.40. The minimum atomic E-state index is -1.05. The van der Waals surface area contributed by atoms with Gasteiger partial charge in [-0.25, -0.2) is 13.6 Å². The number of thiocarbonyl (C=S) groups is 1. The first-order chi connectivity index (χ1) is 13.5. The SMILES string of the molecule is COCCOC(=O)C1=C(C)N(C2CCCC2)C(=S)N[C@H]1c1c(F)cccc1F. The van der Waals surface area contributed by atoms with E-state index in [0.29, 0.717) is 10.8 Å². The van der Waals surface area contributed by atoms with Crippen molar-refractivity contribution in [3.8, 4) is 0 Å². The first-order valence-corrected chi connectivity index (χ1v) is 9.77. The predicted octanol–water partition coefficient (Wildman–Crippen LogP) is 3.60. The number of ether oxygens (including phenoxy) is 2. The van der Waals surface area contributed by atoms with Crippen LogP contribution >= 0.6 is 12.2 Å². The smallest absolute Gasteiger partial charge is 0.338 e. The lowest BCUT2D eigenvalue weighted by atomic mass is 9.93. The molecule has 3 rings (SSSR count). The third kappa shape index (κ3) is 4.03. The number of halogens is 2. The van der Waals surface area contributed by atoms with Crippen molar-refractivity contribution in [2.45, 2.75) is 44.7 Å². The quantitative estimate of drug-likeness (QED) is 0.439. The van der Waals surface area contributed by atoms with E-state index in [4.69, 9.17) is 21.7 Å². The first kappa shape index (κ1) is 20.7. The van der Waals surface area contributed by atoms with E-state index in [-0.39, 0.29) is 30.4 Å². The monoisotopic (exact) mass is 410 g/mol. The molecular formula is C20H24F2N2O3S. The van der Waals surface area contributed by atoms with Crippen molar-refractivity contribution in [1.29, 1.82) is 0 Å². The lowest BCUT2D eigenvalue weighted by molar-refractivity contribution is -0.140. The Morgan fingerprint density at radius 1 is 1.25 bits per heavy atom. The maximum atomic E-state index is 14.5. The van der Waals surface area contributed by atoms with Crippen molar-refractivity contribution in [2.24, 2.45) is 0 Å². The summed E-state index contributed by atoms with van der Waals surface area (Å²) >= 11 is 5.51. The van der Waals surface area contributed by atoms with E-state index in [1.54, 1.807) is 6.92 Å². The molecule has 1 aliphatic heterocycles. The summed E-state index contributed by atoms with van der Waals surface area (Å²) < 4.78 is 39.2. The Morgan fingerprint density at radius 3 is 2.50 bits per heavy atom. The van der Waals surface area contributed by atoms with E-state index in [0.717, 1.165) is 37.8 Å². The minimum absolute atomic E-state index is 0.0481. The zero-order chi connectivity index (χ0) is 20.3. The van der Waals surface area contributed by atoms with Gasteiger partial charge >= 0.3 is 5.97 Å².